The Hall–Kier alpha value is -3.68. The predicted octanol–water partition coefficient (Wildman–Crippen LogP) is 2.34. The van der Waals surface area contributed by atoms with E-state index in [0.29, 0.717) is 57.0 Å². The van der Waals surface area contributed by atoms with Crippen molar-refractivity contribution in [2.45, 2.75) is 26.3 Å². The molecule has 2 heterocycles. The fourth-order valence-electron chi connectivity index (χ4n) is 4.53. The number of hydrogen-bond donors (Lipinski definition) is 0. The molecule has 0 aliphatic carbocycles. The van der Waals surface area contributed by atoms with Gasteiger partial charge < -0.3 is 19.4 Å². The summed E-state index contributed by atoms with van der Waals surface area (Å²) in [5.74, 6) is -0.638. The smallest absolute Gasteiger partial charge is 0.308 e. The van der Waals surface area contributed by atoms with Gasteiger partial charge in [-0.2, -0.15) is 0 Å². The molecule has 0 bridgehead atoms. The van der Waals surface area contributed by atoms with Crippen LogP contribution >= 0.6 is 0 Å². The molecule has 0 spiro atoms. The van der Waals surface area contributed by atoms with Gasteiger partial charge in [-0.25, -0.2) is 0 Å². The first-order chi connectivity index (χ1) is 16.4. The highest BCUT2D eigenvalue weighted by Gasteiger charge is 2.37. The van der Waals surface area contributed by atoms with E-state index in [0.717, 1.165) is 5.56 Å². The molecule has 2 aliphatic rings. The molecule has 8 heteroatoms. The lowest BCUT2D eigenvalue weighted by Gasteiger charge is -2.25. The molecule has 0 radical (unpaired) electrons. The Morgan fingerprint density at radius 1 is 0.941 bits per heavy atom. The Balaban J connectivity index is 1.34. The third kappa shape index (κ3) is 5.62. The molecule has 1 atom stereocenters. The molecule has 2 saturated heterocycles. The Labute approximate surface area is 199 Å². The standard InChI is InChI=1S/C26H29N3O5/c1-19(30)34-23-10-5-9-21(15-23)25(32)27-11-6-12-28(14-13-27)26(33)22-16-24(31)29(18-22)17-20-7-3-2-4-8-20/h2-5,7-10,15,22H,6,11-14,16-18H2,1H3. The third-order valence-corrected chi connectivity index (χ3v) is 6.22. The molecule has 0 saturated carbocycles. The Bertz CT molecular complexity index is 1070. The van der Waals surface area contributed by atoms with Gasteiger partial charge in [0.25, 0.3) is 5.91 Å². The zero-order chi connectivity index (χ0) is 24.1. The SMILES string of the molecule is CC(=O)Oc1cccc(C(=O)N2CCCN(C(=O)C3CC(=O)N(Cc4ccccc4)C3)CC2)c1. The van der Waals surface area contributed by atoms with Crippen molar-refractivity contribution in [3.05, 3.63) is 65.7 Å². The van der Waals surface area contributed by atoms with E-state index in [-0.39, 0.29) is 30.1 Å². The fraction of sp³-hybridized carbons (Fsp3) is 0.385. The van der Waals surface area contributed by atoms with Crippen LogP contribution in [0.3, 0.4) is 0 Å². The van der Waals surface area contributed by atoms with Crippen molar-refractivity contribution >= 4 is 23.7 Å². The quantitative estimate of drug-likeness (QED) is 0.502. The van der Waals surface area contributed by atoms with Gasteiger partial charge in [-0.1, -0.05) is 36.4 Å². The van der Waals surface area contributed by atoms with Crippen LogP contribution in [0.15, 0.2) is 54.6 Å². The van der Waals surface area contributed by atoms with Crippen LogP contribution in [0.4, 0.5) is 0 Å². The molecule has 0 aromatic heterocycles. The molecule has 178 valence electrons. The number of likely N-dealkylation sites (tertiary alicyclic amines) is 1. The van der Waals surface area contributed by atoms with Crippen LogP contribution in [-0.4, -0.2) is 71.1 Å². The number of benzene rings is 2. The summed E-state index contributed by atoms with van der Waals surface area (Å²) in [5, 5.41) is 0. The maximum Gasteiger partial charge on any atom is 0.308 e. The number of amides is 3. The summed E-state index contributed by atoms with van der Waals surface area (Å²) < 4.78 is 5.08. The van der Waals surface area contributed by atoms with Gasteiger partial charge in [-0.05, 0) is 30.2 Å². The van der Waals surface area contributed by atoms with E-state index in [4.69, 9.17) is 4.74 Å². The molecule has 0 N–H and O–H groups in total. The van der Waals surface area contributed by atoms with Crippen LogP contribution in [0.25, 0.3) is 0 Å². The summed E-state index contributed by atoms with van der Waals surface area (Å²) in [4.78, 5) is 55.2. The van der Waals surface area contributed by atoms with E-state index in [1.165, 1.54) is 6.92 Å². The van der Waals surface area contributed by atoms with Crippen molar-refractivity contribution in [1.82, 2.24) is 14.7 Å². The van der Waals surface area contributed by atoms with E-state index >= 15 is 0 Å². The first-order valence-corrected chi connectivity index (χ1v) is 11.6. The number of ether oxygens (including phenoxy) is 1. The van der Waals surface area contributed by atoms with Crippen LogP contribution in [0.2, 0.25) is 0 Å². The monoisotopic (exact) mass is 463 g/mol. The minimum atomic E-state index is -0.443. The van der Waals surface area contributed by atoms with Crippen LogP contribution in [0, 0.1) is 5.92 Å². The topological polar surface area (TPSA) is 87.2 Å². The number of carbonyl (C=O) groups is 4. The maximum atomic E-state index is 13.2. The van der Waals surface area contributed by atoms with E-state index in [9.17, 15) is 19.2 Å². The van der Waals surface area contributed by atoms with Gasteiger partial charge in [0.1, 0.15) is 5.75 Å². The molecule has 4 rings (SSSR count). The van der Waals surface area contributed by atoms with Crippen molar-refractivity contribution in [2.24, 2.45) is 5.92 Å². The normalized spacial score (nSPS) is 18.6. The Morgan fingerprint density at radius 3 is 2.44 bits per heavy atom. The van der Waals surface area contributed by atoms with Gasteiger partial charge in [-0.15, -0.1) is 0 Å². The predicted molar refractivity (Wildman–Crippen MR) is 125 cm³/mol. The zero-order valence-electron chi connectivity index (χ0n) is 19.3. The van der Waals surface area contributed by atoms with Crippen molar-refractivity contribution in [2.75, 3.05) is 32.7 Å². The molecule has 2 aliphatic heterocycles. The molecular weight excluding hydrogens is 434 g/mol. The van der Waals surface area contributed by atoms with Crippen LogP contribution in [0.1, 0.15) is 35.7 Å². The lowest BCUT2D eigenvalue weighted by molar-refractivity contribution is -0.135. The average Bonchev–Trinajstić information content (AvgIpc) is 3.03. The number of esters is 1. The second kappa shape index (κ2) is 10.5. The molecule has 1 unspecified atom stereocenters. The maximum absolute atomic E-state index is 13.2. The highest BCUT2D eigenvalue weighted by Crippen LogP contribution is 2.23. The minimum Gasteiger partial charge on any atom is -0.427 e. The molecule has 34 heavy (non-hydrogen) atoms. The van der Waals surface area contributed by atoms with Crippen molar-refractivity contribution in [1.29, 1.82) is 0 Å². The lowest BCUT2D eigenvalue weighted by atomic mass is 10.1. The van der Waals surface area contributed by atoms with Gasteiger partial charge in [0.05, 0.1) is 5.92 Å². The highest BCUT2D eigenvalue weighted by molar-refractivity contribution is 5.95. The van der Waals surface area contributed by atoms with E-state index in [2.05, 4.69) is 0 Å². The zero-order valence-corrected chi connectivity index (χ0v) is 19.3. The van der Waals surface area contributed by atoms with Crippen molar-refractivity contribution in [3.8, 4) is 5.75 Å². The van der Waals surface area contributed by atoms with Crippen molar-refractivity contribution in [3.63, 3.8) is 0 Å². The second-order valence-corrected chi connectivity index (χ2v) is 8.75. The van der Waals surface area contributed by atoms with Crippen LogP contribution in [-0.2, 0) is 20.9 Å². The summed E-state index contributed by atoms with van der Waals surface area (Å²) in [7, 11) is 0. The number of rotatable bonds is 5. The first kappa shape index (κ1) is 23.5. The van der Waals surface area contributed by atoms with Gasteiger partial charge in [-0.3, -0.25) is 19.2 Å². The van der Waals surface area contributed by atoms with E-state index < -0.39 is 5.97 Å². The van der Waals surface area contributed by atoms with Crippen molar-refractivity contribution < 1.29 is 23.9 Å². The van der Waals surface area contributed by atoms with Crippen LogP contribution in [0.5, 0.6) is 5.75 Å². The summed E-state index contributed by atoms with van der Waals surface area (Å²) >= 11 is 0. The number of nitrogens with zero attached hydrogens (tertiary/aromatic N) is 3. The Kier molecular flexibility index (Phi) is 7.25. The molecule has 2 fully saturated rings. The molecule has 3 amide bonds. The molecule has 2 aromatic rings. The summed E-state index contributed by atoms with van der Waals surface area (Å²) in [6.45, 7) is 4.18. The molecular formula is C26H29N3O5. The Morgan fingerprint density at radius 2 is 1.68 bits per heavy atom. The highest BCUT2D eigenvalue weighted by atomic mass is 16.5. The molecule has 2 aromatic carbocycles. The summed E-state index contributed by atoms with van der Waals surface area (Å²) in [6, 6.07) is 16.3. The summed E-state index contributed by atoms with van der Waals surface area (Å²) in [6.07, 6.45) is 0.892. The lowest BCUT2D eigenvalue weighted by Crippen LogP contribution is -2.40. The number of hydrogen-bond acceptors (Lipinski definition) is 5. The van der Waals surface area contributed by atoms with Gasteiger partial charge in [0.2, 0.25) is 11.8 Å². The first-order valence-electron chi connectivity index (χ1n) is 11.6. The van der Waals surface area contributed by atoms with Gasteiger partial charge in [0.15, 0.2) is 0 Å². The summed E-state index contributed by atoms with van der Waals surface area (Å²) in [5.41, 5.74) is 1.49. The average molecular weight is 464 g/mol. The van der Waals surface area contributed by atoms with Gasteiger partial charge >= 0.3 is 5.97 Å². The van der Waals surface area contributed by atoms with E-state index in [1.54, 1.807) is 39.0 Å². The number of carbonyl (C=O) groups excluding carboxylic acids is 4. The second-order valence-electron chi connectivity index (χ2n) is 8.75. The van der Waals surface area contributed by atoms with Crippen LogP contribution < -0.4 is 4.74 Å². The minimum absolute atomic E-state index is 0.00138. The fourth-order valence-corrected chi connectivity index (χ4v) is 4.53. The largest absolute Gasteiger partial charge is 0.427 e. The van der Waals surface area contributed by atoms with Gasteiger partial charge in [0, 0.05) is 58.2 Å². The molecule has 8 nitrogen and oxygen atoms in total. The third-order valence-electron chi connectivity index (χ3n) is 6.22. The van der Waals surface area contributed by atoms with E-state index in [1.807, 2.05) is 30.3 Å².